The van der Waals surface area contributed by atoms with E-state index < -0.39 is 13.9 Å². The molecule has 1 unspecified atom stereocenters. The average molecular weight is 375 g/mol. The van der Waals surface area contributed by atoms with Crippen LogP contribution in [0.25, 0.3) is 10.4 Å². The minimum atomic E-state index is -3.96. The van der Waals surface area contributed by atoms with E-state index in [-0.39, 0.29) is 6.61 Å². The molecule has 26 heavy (non-hydrogen) atoms. The van der Waals surface area contributed by atoms with Crippen LogP contribution in [0.15, 0.2) is 65.8 Å². The van der Waals surface area contributed by atoms with Crippen LogP contribution in [0.2, 0.25) is 0 Å². The van der Waals surface area contributed by atoms with Crippen LogP contribution in [0.5, 0.6) is 11.5 Å². The molecule has 0 aliphatic carbocycles. The average Bonchev–Trinajstić information content (AvgIpc) is 2.65. The van der Waals surface area contributed by atoms with Crippen LogP contribution in [-0.2, 0) is 9.09 Å². The Morgan fingerprint density at radius 1 is 1.04 bits per heavy atom. The molecule has 2 rings (SSSR count). The summed E-state index contributed by atoms with van der Waals surface area (Å²) in [5.74, 6) is 0.723. The first kappa shape index (κ1) is 19.9. The quantitative estimate of drug-likeness (QED) is 0.204. The summed E-state index contributed by atoms with van der Waals surface area (Å²) >= 11 is 0. The minimum absolute atomic E-state index is 0.0546. The van der Waals surface area contributed by atoms with E-state index in [2.05, 4.69) is 10.0 Å². The van der Waals surface area contributed by atoms with Crippen LogP contribution < -0.4 is 9.05 Å². The number of phosphoric ester groups is 1. The zero-order valence-electron chi connectivity index (χ0n) is 14.6. The molecule has 0 N–H and O–H groups in total. The summed E-state index contributed by atoms with van der Waals surface area (Å²) in [6, 6.07) is 16.9. The molecule has 0 spiro atoms. The second-order valence-electron chi connectivity index (χ2n) is 5.55. The molecule has 8 heteroatoms. The molecule has 0 aromatic heterocycles. The van der Waals surface area contributed by atoms with Crippen LogP contribution in [0.3, 0.4) is 0 Å². The summed E-state index contributed by atoms with van der Waals surface area (Å²) in [5, 5.41) is 3.70. The van der Waals surface area contributed by atoms with Gasteiger partial charge >= 0.3 is 7.82 Å². The molecule has 1 atom stereocenters. The van der Waals surface area contributed by atoms with Gasteiger partial charge in [-0.15, -0.1) is 0 Å². The lowest BCUT2D eigenvalue weighted by Crippen LogP contribution is -2.15. The molecule has 0 heterocycles. The molecule has 0 bridgehead atoms. The second-order valence-corrected chi connectivity index (χ2v) is 7.07. The molecule has 0 fully saturated rings. The molecular formula is C18H22N3O4P. The standard InChI is InChI=1S/C18H22N3O4P/c1-2-3-10-16(20-21-19)15-23-26(22,24-17-11-6-4-7-12-17)25-18-13-8-5-9-14-18/h4-9,11-14,16H,2-3,10,15H2,1H3. The Morgan fingerprint density at radius 3 is 2.04 bits per heavy atom. The normalized spacial score (nSPS) is 12.0. The first-order valence-corrected chi connectivity index (χ1v) is 9.89. The lowest BCUT2D eigenvalue weighted by atomic mass is 10.1. The predicted octanol–water partition coefficient (Wildman–Crippen LogP) is 6.14. The molecule has 0 radical (unpaired) electrons. The minimum Gasteiger partial charge on any atom is -0.395 e. The van der Waals surface area contributed by atoms with Crippen molar-refractivity contribution >= 4 is 7.82 Å². The zero-order valence-corrected chi connectivity index (χ0v) is 15.5. The van der Waals surface area contributed by atoms with Gasteiger partial charge in [0.25, 0.3) is 0 Å². The fourth-order valence-corrected chi connectivity index (χ4v) is 3.41. The second kappa shape index (κ2) is 10.5. The largest absolute Gasteiger partial charge is 0.587 e. The monoisotopic (exact) mass is 375 g/mol. The first-order chi connectivity index (χ1) is 12.6. The van der Waals surface area contributed by atoms with E-state index in [1.807, 2.05) is 19.1 Å². The van der Waals surface area contributed by atoms with Crippen LogP contribution >= 0.6 is 7.82 Å². The Kier molecular flexibility index (Phi) is 8.03. The topological polar surface area (TPSA) is 93.5 Å². The molecule has 2 aromatic carbocycles. The van der Waals surface area contributed by atoms with Crippen molar-refractivity contribution in [2.45, 2.75) is 32.2 Å². The van der Waals surface area contributed by atoms with Crippen molar-refractivity contribution in [3.8, 4) is 11.5 Å². The van der Waals surface area contributed by atoms with Gasteiger partial charge in [-0.1, -0.05) is 61.3 Å². The summed E-state index contributed by atoms with van der Waals surface area (Å²) in [6.45, 7) is 1.98. The van der Waals surface area contributed by atoms with Crippen LogP contribution in [0.1, 0.15) is 26.2 Å². The van der Waals surface area contributed by atoms with Gasteiger partial charge in [-0.05, 0) is 36.2 Å². The maximum absolute atomic E-state index is 13.1. The lowest BCUT2D eigenvalue weighted by Gasteiger charge is -2.20. The highest BCUT2D eigenvalue weighted by Gasteiger charge is 2.32. The van der Waals surface area contributed by atoms with Crippen LogP contribution in [0.4, 0.5) is 0 Å². The Morgan fingerprint density at radius 2 is 1.58 bits per heavy atom. The molecule has 2 aromatic rings. The molecular weight excluding hydrogens is 353 g/mol. The number of azide groups is 1. The van der Waals surface area contributed by atoms with Crippen LogP contribution in [0, 0.1) is 0 Å². The third-order valence-corrected chi connectivity index (χ3v) is 4.79. The smallest absolute Gasteiger partial charge is 0.395 e. The van der Waals surface area contributed by atoms with Crippen molar-refractivity contribution in [2.24, 2.45) is 5.11 Å². The van der Waals surface area contributed by atoms with E-state index in [1.54, 1.807) is 48.5 Å². The SMILES string of the molecule is CCCCC(COP(=O)(Oc1ccccc1)Oc1ccccc1)N=[N+]=[N-]. The van der Waals surface area contributed by atoms with E-state index in [0.29, 0.717) is 17.9 Å². The summed E-state index contributed by atoms with van der Waals surface area (Å²) < 4.78 is 29.7. The van der Waals surface area contributed by atoms with Gasteiger partial charge in [0.05, 0.1) is 12.6 Å². The molecule has 0 aliphatic heterocycles. The fourth-order valence-electron chi connectivity index (χ4n) is 2.16. The maximum Gasteiger partial charge on any atom is 0.587 e. The predicted molar refractivity (Wildman–Crippen MR) is 100 cm³/mol. The van der Waals surface area contributed by atoms with Gasteiger partial charge < -0.3 is 9.05 Å². The Hall–Kier alpha value is -2.46. The zero-order chi connectivity index (χ0) is 18.7. The van der Waals surface area contributed by atoms with Crippen LogP contribution in [-0.4, -0.2) is 12.6 Å². The Balaban J connectivity index is 2.13. The van der Waals surface area contributed by atoms with Crippen molar-refractivity contribution in [3.63, 3.8) is 0 Å². The van der Waals surface area contributed by atoms with Gasteiger partial charge in [-0.2, -0.15) is 0 Å². The van der Waals surface area contributed by atoms with E-state index in [9.17, 15) is 4.57 Å². The van der Waals surface area contributed by atoms with E-state index in [1.165, 1.54) is 0 Å². The molecule has 0 amide bonds. The fraction of sp³-hybridized carbons (Fsp3) is 0.333. The Labute approximate surface area is 153 Å². The van der Waals surface area contributed by atoms with Crippen molar-refractivity contribution in [1.82, 2.24) is 0 Å². The van der Waals surface area contributed by atoms with E-state index in [0.717, 1.165) is 12.8 Å². The van der Waals surface area contributed by atoms with Gasteiger partial charge in [-0.3, -0.25) is 4.52 Å². The summed E-state index contributed by atoms with van der Waals surface area (Å²) in [5.41, 5.74) is 8.71. The number of phosphoric acid groups is 1. The highest BCUT2D eigenvalue weighted by atomic mass is 31.2. The first-order valence-electron chi connectivity index (χ1n) is 8.43. The highest BCUT2D eigenvalue weighted by molar-refractivity contribution is 7.49. The number of hydrogen-bond acceptors (Lipinski definition) is 5. The number of rotatable bonds is 11. The number of benzene rings is 2. The summed E-state index contributed by atoms with van der Waals surface area (Å²) in [6.07, 6.45) is 2.46. The van der Waals surface area contributed by atoms with Gasteiger partial charge in [-0.25, -0.2) is 4.57 Å². The number of nitrogens with zero attached hydrogens (tertiary/aromatic N) is 3. The summed E-state index contributed by atoms with van der Waals surface area (Å²) in [7, 11) is -3.96. The van der Waals surface area contributed by atoms with Gasteiger partial charge in [0, 0.05) is 4.91 Å². The molecule has 0 saturated carbocycles. The highest BCUT2D eigenvalue weighted by Crippen LogP contribution is 2.49. The van der Waals surface area contributed by atoms with Crippen molar-refractivity contribution < 1.29 is 18.1 Å². The third kappa shape index (κ3) is 6.81. The van der Waals surface area contributed by atoms with Gasteiger partial charge in [0.15, 0.2) is 0 Å². The molecule has 7 nitrogen and oxygen atoms in total. The van der Waals surface area contributed by atoms with Crippen molar-refractivity contribution in [1.29, 1.82) is 0 Å². The van der Waals surface area contributed by atoms with Gasteiger partial charge in [0.2, 0.25) is 0 Å². The molecule has 0 saturated heterocycles. The number of hydrogen-bond donors (Lipinski definition) is 0. The lowest BCUT2D eigenvalue weighted by molar-refractivity contribution is 0.194. The summed E-state index contributed by atoms with van der Waals surface area (Å²) in [4.78, 5) is 2.83. The number of para-hydroxylation sites is 2. The third-order valence-electron chi connectivity index (χ3n) is 3.45. The number of unbranched alkanes of at least 4 members (excludes halogenated alkanes) is 1. The van der Waals surface area contributed by atoms with Gasteiger partial charge in [0.1, 0.15) is 11.5 Å². The van der Waals surface area contributed by atoms with Crippen molar-refractivity contribution in [3.05, 3.63) is 71.1 Å². The molecule has 138 valence electrons. The van der Waals surface area contributed by atoms with E-state index in [4.69, 9.17) is 19.1 Å². The van der Waals surface area contributed by atoms with E-state index >= 15 is 0 Å². The van der Waals surface area contributed by atoms with Crippen molar-refractivity contribution in [2.75, 3.05) is 6.61 Å². The molecule has 0 aliphatic rings. The Bertz CT molecular complexity index is 706. The maximum atomic E-state index is 13.1.